The Morgan fingerprint density at radius 1 is 1.10 bits per heavy atom. The lowest BCUT2D eigenvalue weighted by molar-refractivity contribution is -0.140. The summed E-state index contributed by atoms with van der Waals surface area (Å²) in [6.45, 7) is 12.0. The molecule has 2 atom stereocenters. The number of alkyl carbamates (subject to hydrolysis) is 1. The highest BCUT2D eigenvalue weighted by Crippen LogP contribution is 2.31. The number of hydrogen-bond acceptors (Lipinski definition) is 5. The molecule has 0 heterocycles. The number of benzene rings is 1. The first-order valence-corrected chi connectivity index (χ1v) is 9.59. The van der Waals surface area contributed by atoms with Crippen molar-refractivity contribution >= 4 is 17.9 Å². The van der Waals surface area contributed by atoms with Gasteiger partial charge in [-0.1, -0.05) is 18.2 Å². The van der Waals surface area contributed by atoms with Crippen LogP contribution in [-0.4, -0.2) is 52.6 Å². The summed E-state index contributed by atoms with van der Waals surface area (Å²) in [4.78, 5) is 39.0. The Morgan fingerprint density at radius 3 is 2.21 bits per heavy atom. The Hall–Kier alpha value is -2.77. The first-order chi connectivity index (χ1) is 13.2. The molecule has 0 aliphatic carbocycles. The third-order valence-electron chi connectivity index (χ3n) is 4.08. The zero-order valence-corrected chi connectivity index (χ0v) is 18.5. The SMILES string of the molecule is Cc1cccc(C(C(=O)NC(C)C)N(C)C(=O)C(C)NC(=O)OC(C)(C)C)c1O. The van der Waals surface area contributed by atoms with E-state index in [1.807, 2.05) is 0 Å². The van der Waals surface area contributed by atoms with E-state index in [9.17, 15) is 19.5 Å². The maximum atomic E-state index is 12.9. The van der Waals surface area contributed by atoms with Gasteiger partial charge < -0.3 is 25.4 Å². The van der Waals surface area contributed by atoms with Gasteiger partial charge in [0.1, 0.15) is 23.4 Å². The Balaban J connectivity index is 3.14. The lowest BCUT2D eigenvalue weighted by Crippen LogP contribution is -2.51. The molecule has 8 nitrogen and oxygen atoms in total. The van der Waals surface area contributed by atoms with E-state index in [2.05, 4.69) is 10.6 Å². The van der Waals surface area contributed by atoms with Crippen LogP contribution < -0.4 is 10.6 Å². The van der Waals surface area contributed by atoms with Crippen LogP contribution in [0.4, 0.5) is 4.79 Å². The highest BCUT2D eigenvalue weighted by atomic mass is 16.6. The summed E-state index contributed by atoms with van der Waals surface area (Å²) in [5.74, 6) is -0.981. The summed E-state index contributed by atoms with van der Waals surface area (Å²) in [5, 5.41) is 15.7. The zero-order valence-electron chi connectivity index (χ0n) is 18.5. The molecule has 0 bridgehead atoms. The minimum absolute atomic E-state index is 0.0520. The van der Waals surface area contributed by atoms with Crippen molar-refractivity contribution in [1.82, 2.24) is 15.5 Å². The van der Waals surface area contributed by atoms with Gasteiger partial charge in [-0.2, -0.15) is 0 Å². The van der Waals surface area contributed by atoms with Gasteiger partial charge in [-0.05, 0) is 54.0 Å². The van der Waals surface area contributed by atoms with Gasteiger partial charge in [0, 0.05) is 18.7 Å². The second kappa shape index (κ2) is 9.62. The molecule has 1 aromatic rings. The van der Waals surface area contributed by atoms with Crippen molar-refractivity contribution in [3.8, 4) is 5.75 Å². The topological polar surface area (TPSA) is 108 Å². The number of nitrogens with zero attached hydrogens (tertiary/aromatic N) is 1. The zero-order chi connectivity index (χ0) is 22.5. The van der Waals surface area contributed by atoms with Crippen LogP contribution in [0.25, 0.3) is 0 Å². The van der Waals surface area contributed by atoms with Crippen molar-refractivity contribution in [3.05, 3.63) is 29.3 Å². The summed E-state index contributed by atoms with van der Waals surface area (Å²) in [5.41, 5.74) is 0.195. The molecule has 0 aliphatic heterocycles. The third kappa shape index (κ3) is 6.96. The molecular formula is C21H33N3O5. The smallest absolute Gasteiger partial charge is 0.408 e. The van der Waals surface area contributed by atoms with Gasteiger partial charge in [-0.3, -0.25) is 9.59 Å². The molecule has 0 fully saturated rings. The van der Waals surface area contributed by atoms with Crippen LogP contribution in [0, 0.1) is 6.92 Å². The number of aromatic hydroxyl groups is 1. The van der Waals surface area contributed by atoms with E-state index in [1.54, 1.807) is 59.7 Å². The molecule has 0 aromatic heterocycles. The van der Waals surface area contributed by atoms with Crippen molar-refractivity contribution in [1.29, 1.82) is 0 Å². The summed E-state index contributed by atoms with van der Waals surface area (Å²) in [6.07, 6.45) is -0.728. The molecule has 0 radical (unpaired) electrons. The average Bonchev–Trinajstić information content (AvgIpc) is 2.55. The molecule has 0 spiro atoms. The van der Waals surface area contributed by atoms with Gasteiger partial charge in [0.15, 0.2) is 0 Å². The molecular weight excluding hydrogens is 374 g/mol. The van der Waals surface area contributed by atoms with E-state index < -0.39 is 35.6 Å². The Bertz CT molecular complexity index is 755. The number of carbonyl (C=O) groups is 3. The predicted octanol–water partition coefficient (Wildman–Crippen LogP) is 2.64. The van der Waals surface area contributed by atoms with Gasteiger partial charge in [0.2, 0.25) is 11.8 Å². The summed E-state index contributed by atoms with van der Waals surface area (Å²) in [7, 11) is 1.46. The lowest BCUT2D eigenvalue weighted by Gasteiger charge is -2.31. The molecule has 1 rings (SSSR count). The molecule has 0 saturated heterocycles. The lowest BCUT2D eigenvalue weighted by atomic mass is 10.00. The van der Waals surface area contributed by atoms with Crippen molar-refractivity contribution in [3.63, 3.8) is 0 Å². The molecule has 3 N–H and O–H groups in total. The number of phenolic OH excluding ortho intramolecular Hbond substituents is 1. The first kappa shape index (κ1) is 24.3. The Morgan fingerprint density at radius 2 is 1.69 bits per heavy atom. The maximum absolute atomic E-state index is 12.9. The van der Waals surface area contributed by atoms with Crippen molar-refractivity contribution in [2.24, 2.45) is 0 Å². The molecule has 162 valence electrons. The van der Waals surface area contributed by atoms with Crippen LogP contribution in [0.5, 0.6) is 5.75 Å². The second-order valence-electron chi connectivity index (χ2n) is 8.40. The second-order valence-corrected chi connectivity index (χ2v) is 8.40. The number of phenols is 1. The number of rotatable bonds is 6. The monoisotopic (exact) mass is 407 g/mol. The van der Waals surface area contributed by atoms with Gasteiger partial charge in [-0.25, -0.2) is 4.79 Å². The van der Waals surface area contributed by atoms with E-state index in [1.165, 1.54) is 18.9 Å². The fourth-order valence-electron chi connectivity index (χ4n) is 2.77. The number of likely N-dealkylation sites (N-methyl/N-ethyl adjacent to an activating group) is 1. The van der Waals surface area contributed by atoms with Gasteiger partial charge in [-0.15, -0.1) is 0 Å². The van der Waals surface area contributed by atoms with Crippen LogP contribution in [0.3, 0.4) is 0 Å². The minimum atomic E-state index is -1.06. The third-order valence-corrected chi connectivity index (χ3v) is 4.08. The number of amides is 3. The Labute approximate surface area is 172 Å². The molecule has 29 heavy (non-hydrogen) atoms. The molecule has 1 aromatic carbocycles. The van der Waals surface area contributed by atoms with Crippen LogP contribution in [-0.2, 0) is 14.3 Å². The van der Waals surface area contributed by atoms with Gasteiger partial charge >= 0.3 is 6.09 Å². The predicted molar refractivity (Wildman–Crippen MR) is 110 cm³/mol. The normalized spacial score (nSPS) is 13.4. The summed E-state index contributed by atoms with van der Waals surface area (Å²) in [6, 6.07) is 2.87. The fraction of sp³-hybridized carbons (Fsp3) is 0.571. The van der Waals surface area contributed by atoms with Crippen LogP contribution >= 0.6 is 0 Å². The van der Waals surface area contributed by atoms with Crippen molar-refractivity contribution in [2.45, 2.75) is 72.2 Å². The van der Waals surface area contributed by atoms with Crippen LogP contribution in [0.15, 0.2) is 18.2 Å². The van der Waals surface area contributed by atoms with Crippen LogP contribution in [0.1, 0.15) is 58.7 Å². The van der Waals surface area contributed by atoms with E-state index >= 15 is 0 Å². The van der Waals surface area contributed by atoms with Gasteiger partial charge in [0.05, 0.1) is 0 Å². The number of hydrogen-bond donors (Lipinski definition) is 3. The highest BCUT2D eigenvalue weighted by Gasteiger charge is 2.34. The van der Waals surface area contributed by atoms with Crippen molar-refractivity contribution in [2.75, 3.05) is 7.05 Å². The number of aryl methyl sites for hydroxylation is 1. The van der Waals surface area contributed by atoms with E-state index in [0.29, 0.717) is 11.1 Å². The van der Waals surface area contributed by atoms with E-state index in [4.69, 9.17) is 4.74 Å². The minimum Gasteiger partial charge on any atom is -0.507 e. The average molecular weight is 408 g/mol. The first-order valence-electron chi connectivity index (χ1n) is 9.59. The summed E-state index contributed by atoms with van der Waals surface area (Å²) < 4.78 is 5.18. The molecule has 0 saturated carbocycles. The standard InChI is InChI=1S/C21H33N3O5/c1-12(2)22-18(26)16(15-11-9-10-13(3)17(15)25)24(8)19(27)14(4)23-20(28)29-21(5,6)7/h9-12,14,16,25H,1-8H3,(H,22,26)(H,23,28). The number of nitrogens with one attached hydrogen (secondary N) is 2. The largest absolute Gasteiger partial charge is 0.507 e. The number of carbonyl (C=O) groups excluding carboxylic acids is 3. The fourth-order valence-corrected chi connectivity index (χ4v) is 2.77. The molecule has 0 aliphatic rings. The Kier molecular flexibility index (Phi) is 8.05. The molecule has 2 unspecified atom stereocenters. The molecule has 8 heteroatoms. The maximum Gasteiger partial charge on any atom is 0.408 e. The highest BCUT2D eigenvalue weighted by molar-refractivity contribution is 5.92. The molecule has 3 amide bonds. The van der Waals surface area contributed by atoms with Crippen LogP contribution in [0.2, 0.25) is 0 Å². The van der Waals surface area contributed by atoms with E-state index in [0.717, 1.165) is 0 Å². The quantitative estimate of drug-likeness (QED) is 0.672. The van der Waals surface area contributed by atoms with Gasteiger partial charge in [0.25, 0.3) is 0 Å². The summed E-state index contributed by atoms with van der Waals surface area (Å²) >= 11 is 0. The van der Waals surface area contributed by atoms with E-state index in [-0.39, 0.29) is 11.8 Å². The number of para-hydroxylation sites is 1. The number of ether oxygens (including phenoxy) is 1. The van der Waals surface area contributed by atoms with Crippen molar-refractivity contribution < 1.29 is 24.2 Å².